The van der Waals surface area contributed by atoms with Crippen molar-refractivity contribution in [3.8, 4) is 0 Å². The van der Waals surface area contributed by atoms with E-state index in [1.807, 2.05) is 28.8 Å². The highest BCUT2D eigenvalue weighted by atomic mass is 35.5. The summed E-state index contributed by atoms with van der Waals surface area (Å²) in [6.45, 7) is 4.51. The van der Waals surface area contributed by atoms with Crippen molar-refractivity contribution in [1.82, 2.24) is 24.2 Å². The Morgan fingerprint density at radius 2 is 1.93 bits per heavy atom. The number of hydrogen-bond acceptors (Lipinski definition) is 5. The molecule has 0 saturated heterocycles. The molecule has 1 amide bonds. The number of nitrogens with zero attached hydrogens (tertiary/aromatic N) is 4. The molecule has 0 unspecified atom stereocenters. The highest BCUT2D eigenvalue weighted by molar-refractivity contribution is 7.89. The van der Waals surface area contributed by atoms with Crippen molar-refractivity contribution in [2.75, 3.05) is 19.6 Å². The van der Waals surface area contributed by atoms with Gasteiger partial charge in [-0.15, -0.1) is 10.2 Å². The van der Waals surface area contributed by atoms with E-state index in [2.05, 4.69) is 15.5 Å². The molecule has 8 nitrogen and oxygen atoms in total. The Morgan fingerprint density at radius 1 is 1.17 bits per heavy atom. The number of carbonyl (C=O) groups excluding carboxylic acids is 1. The number of fused-ring (bicyclic) bond motifs is 1. The molecule has 0 aliphatic heterocycles. The van der Waals surface area contributed by atoms with Crippen LogP contribution in [-0.2, 0) is 16.4 Å². The van der Waals surface area contributed by atoms with Crippen molar-refractivity contribution < 1.29 is 13.2 Å². The smallest absolute Gasteiger partial charge is 0.252 e. The molecule has 0 bridgehead atoms. The van der Waals surface area contributed by atoms with Gasteiger partial charge < -0.3 is 5.32 Å². The normalized spacial score (nSPS) is 11.9. The van der Waals surface area contributed by atoms with Crippen LogP contribution in [0.15, 0.2) is 47.5 Å². The fourth-order valence-corrected chi connectivity index (χ4v) is 4.68. The summed E-state index contributed by atoms with van der Waals surface area (Å²) < 4.78 is 28.6. The molecular formula is C19H22ClN5O3S. The summed E-state index contributed by atoms with van der Waals surface area (Å²) in [7, 11) is -3.68. The number of rotatable bonds is 8. The highest BCUT2D eigenvalue weighted by Crippen LogP contribution is 2.23. The third-order valence-electron chi connectivity index (χ3n) is 4.54. The lowest BCUT2D eigenvalue weighted by Gasteiger charge is -2.19. The van der Waals surface area contributed by atoms with Crippen LogP contribution < -0.4 is 5.32 Å². The lowest BCUT2D eigenvalue weighted by Crippen LogP contribution is -2.31. The first-order valence-electron chi connectivity index (χ1n) is 9.25. The van der Waals surface area contributed by atoms with E-state index < -0.39 is 15.9 Å². The molecule has 2 aromatic heterocycles. The van der Waals surface area contributed by atoms with Gasteiger partial charge in [0.05, 0.1) is 15.5 Å². The topological polar surface area (TPSA) is 96.7 Å². The van der Waals surface area contributed by atoms with Gasteiger partial charge in [0.25, 0.3) is 5.91 Å². The predicted molar refractivity (Wildman–Crippen MR) is 111 cm³/mol. The van der Waals surface area contributed by atoms with Crippen LogP contribution in [0.4, 0.5) is 0 Å². The molecule has 154 valence electrons. The maximum Gasteiger partial charge on any atom is 0.252 e. The zero-order valence-electron chi connectivity index (χ0n) is 16.2. The molecule has 0 saturated carbocycles. The molecule has 10 heteroatoms. The lowest BCUT2D eigenvalue weighted by molar-refractivity contribution is 0.0954. The maximum atomic E-state index is 12.7. The first-order valence-corrected chi connectivity index (χ1v) is 11.1. The van der Waals surface area contributed by atoms with Crippen molar-refractivity contribution in [1.29, 1.82) is 0 Å². The number of halogens is 1. The summed E-state index contributed by atoms with van der Waals surface area (Å²) in [5.74, 6) is 0.269. The first-order chi connectivity index (χ1) is 13.9. The van der Waals surface area contributed by atoms with Gasteiger partial charge in [0.15, 0.2) is 5.65 Å². The Labute approximate surface area is 174 Å². The standard InChI is InChI=1S/C19H22ClN5O3S/c1-3-24(4-2)29(27,28)14-8-9-16(20)15(13-14)19(26)21-11-10-18-23-22-17-7-5-6-12-25(17)18/h5-9,12-13H,3-4,10-11H2,1-2H3,(H,21,26). The number of carbonyl (C=O) groups is 1. The maximum absolute atomic E-state index is 12.7. The minimum absolute atomic E-state index is 0.0409. The number of amides is 1. The minimum Gasteiger partial charge on any atom is -0.352 e. The second-order valence-corrected chi connectivity index (χ2v) is 8.63. The molecule has 0 aliphatic carbocycles. The average molecular weight is 436 g/mol. The molecule has 1 N–H and O–H groups in total. The molecule has 29 heavy (non-hydrogen) atoms. The van der Waals surface area contributed by atoms with E-state index in [0.717, 1.165) is 5.65 Å². The van der Waals surface area contributed by atoms with Gasteiger partial charge in [-0.05, 0) is 30.3 Å². The molecular weight excluding hydrogens is 414 g/mol. The Kier molecular flexibility index (Phi) is 6.51. The minimum atomic E-state index is -3.68. The zero-order chi connectivity index (χ0) is 21.0. The van der Waals surface area contributed by atoms with Gasteiger partial charge in [-0.1, -0.05) is 31.5 Å². The lowest BCUT2D eigenvalue weighted by atomic mass is 10.2. The second-order valence-electron chi connectivity index (χ2n) is 6.28. The van der Waals surface area contributed by atoms with Crippen molar-refractivity contribution in [2.24, 2.45) is 0 Å². The third kappa shape index (κ3) is 4.42. The van der Waals surface area contributed by atoms with Gasteiger partial charge in [0, 0.05) is 32.3 Å². The molecule has 0 spiro atoms. The zero-order valence-corrected chi connectivity index (χ0v) is 17.7. The van der Waals surface area contributed by atoms with Crippen LogP contribution in [0.5, 0.6) is 0 Å². The Morgan fingerprint density at radius 3 is 2.66 bits per heavy atom. The highest BCUT2D eigenvalue weighted by Gasteiger charge is 2.23. The van der Waals surface area contributed by atoms with E-state index >= 15 is 0 Å². The van der Waals surface area contributed by atoms with E-state index in [9.17, 15) is 13.2 Å². The predicted octanol–water partition coefficient (Wildman–Crippen LogP) is 2.39. The summed E-state index contributed by atoms with van der Waals surface area (Å²) in [6, 6.07) is 9.75. The summed E-state index contributed by atoms with van der Waals surface area (Å²) in [6.07, 6.45) is 2.32. The number of pyridine rings is 1. The summed E-state index contributed by atoms with van der Waals surface area (Å²) in [5.41, 5.74) is 0.845. The van der Waals surface area contributed by atoms with Gasteiger partial charge in [-0.25, -0.2) is 8.42 Å². The monoisotopic (exact) mass is 435 g/mol. The SMILES string of the molecule is CCN(CC)S(=O)(=O)c1ccc(Cl)c(C(=O)NCCc2nnc3ccccn23)c1. The van der Waals surface area contributed by atoms with Gasteiger partial charge in [-0.3, -0.25) is 9.20 Å². The average Bonchev–Trinajstić information content (AvgIpc) is 3.12. The number of aromatic nitrogens is 3. The fourth-order valence-electron chi connectivity index (χ4n) is 3.00. The molecule has 3 rings (SSSR count). The van der Waals surface area contributed by atoms with Crippen molar-refractivity contribution in [3.05, 3.63) is 59.0 Å². The molecule has 1 aromatic carbocycles. The fraction of sp³-hybridized carbons (Fsp3) is 0.316. The number of benzene rings is 1. The largest absolute Gasteiger partial charge is 0.352 e. The van der Waals surface area contributed by atoms with Crippen LogP contribution in [0.1, 0.15) is 30.0 Å². The molecule has 0 aliphatic rings. The van der Waals surface area contributed by atoms with E-state index in [1.54, 1.807) is 13.8 Å². The second kappa shape index (κ2) is 8.89. The van der Waals surface area contributed by atoms with E-state index in [-0.39, 0.29) is 15.5 Å². The van der Waals surface area contributed by atoms with Crippen LogP contribution in [0.25, 0.3) is 5.65 Å². The van der Waals surface area contributed by atoms with Gasteiger partial charge >= 0.3 is 0 Å². The van der Waals surface area contributed by atoms with Crippen molar-refractivity contribution in [2.45, 2.75) is 25.2 Å². The molecule has 0 fully saturated rings. The molecule has 0 atom stereocenters. The van der Waals surface area contributed by atoms with Crippen molar-refractivity contribution >= 4 is 33.2 Å². The molecule has 3 aromatic rings. The number of sulfonamides is 1. The van der Waals surface area contributed by atoms with Gasteiger partial charge in [-0.2, -0.15) is 4.31 Å². The van der Waals surface area contributed by atoms with E-state index in [0.29, 0.717) is 31.9 Å². The first kappa shape index (κ1) is 21.2. The molecule has 0 radical (unpaired) electrons. The summed E-state index contributed by atoms with van der Waals surface area (Å²) in [5, 5.41) is 11.1. The van der Waals surface area contributed by atoms with Crippen LogP contribution >= 0.6 is 11.6 Å². The van der Waals surface area contributed by atoms with Crippen LogP contribution in [0.3, 0.4) is 0 Å². The summed E-state index contributed by atoms with van der Waals surface area (Å²) >= 11 is 6.15. The van der Waals surface area contributed by atoms with E-state index in [1.165, 1.54) is 22.5 Å². The third-order valence-corrected chi connectivity index (χ3v) is 6.92. The van der Waals surface area contributed by atoms with Gasteiger partial charge in [0.2, 0.25) is 10.0 Å². The Balaban J connectivity index is 1.73. The van der Waals surface area contributed by atoms with Crippen LogP contribution in [0.2, 0.25) is 5.02 Å². The van der Waals surface area contributed by atoms with Gasteiger partial charge in [0.1, 0.15) is 5.82 Å². The number of hydrogen-bond donors (Lipinski definition) is 1. The quantitative estimate of drug-likeness (QED) is 0.586. The Bertz CT molecular complexity index is 1130. The van der Waals surface area contributed by atoms with Crippen LogP contribution in [0, 0.1) is 0 Å². The number of nitrogens with one attached hydrogen (secondary N) is 1. The van der Waals surface area contributed by atoms with Crippen molar-refractivity contribution in [3.63, 3.8) is 0 Å². The Hall–Kier alpha value is -2.49. The summed E-state index contributed by atoms with van der Waals surface area (Å²) in [4.78, 5) is 12.6. The van der Waals surface area contributed by atoms with Crippen LogP contribution in [-0.4, -0.2) is 52.9 Å². The van der Waals surface area contributed by atoms with E-state index in [4.69, 9.17) is 11.6 Å². The molecule has 2 heterocycles.